The van der Waals surface area contributed by atoms with E-state index in [0.29, 0.717) is 25.2 Å². The highest BCUT2D eigenvalue weighted by Crippen LogP contribution is 2.30. The molecule has 134 valence electrons. The van der Waals surface area contributed by atoms with Crippen LogP contribution in [-0.4, -0.2) is 60.2 Å². The molecule has 1 aliphatic carbocycles. The van der Waals surface area contributed by atoms with Crippen LogP contribution in [0.1, 0.15) is 29.6 Å². The normalized spacial score (nSPS) is 18.5. The molecule has 3 rings (SSSR count). The van der Waals surface area contributed by atoms with E-state index >= 15 is 0 Å². The van der Waals surface area contributed by atoms with Gasteiger partial charge < -0.3 is 16.0 Å². The maximum absolute atomic E-state index is 12.7. The zero-order chi connectivity index (χ0) is 17.8. The fourth-order valence-electron chi connectivity index (χ4n) is 3.02. The number of rotatable bonds is 5. The van der Waals surface area contributed by atoms with Crippen LogP contribution in [0.5, 0.6) is 0 Å². The van der Waals surface area contributed by atoms with Crippen molar-refractivity contribution in [3.63, 3.8) is 0 Å². The molecule has 1 aliphatic heterocycles. The molecule has 0 aromatic heterocycles. The molecule has 0 bridgehead atoms. The van der Waals surface area contributed by atoms with Crippen LogP contribution >= 0.6 is 0 Å². The zero-order valence-corrected chi connectivity index (χ0v) is 14.2. The predicted octanol–water partition coefficient (Wildman–Crippen LogP) is 0.668. The number of hydrogen-bond acceptors (Lipinski definition) is 4. The lowest BCUT2D eigenvalue weighted by Crippen LogP contribution is -2.38. The van der Waals surface area contributed by atoms with Gasteiger partial charge in [-0.3, -0.25) is 19.3 Å². The molecule has 0 spiro atoms. The minimum absolute atomic E-state index is 0.0269. The Hall–Kier alpha value is -2.41. The van der Waals surface area contributed by atoms with Gasteiger partial charge in [-0.15, -0.1) is 0 Å². The molecule has 25 heavy (non-hydrogen) atoms. The minimum atomic E-state index is -0.344. The molecule has 1 aromatic rings. The second-order valence-electron chi connectivity index (χ2n) is 6.73. The Morgan fingerprint density at radius 1 is 1.04 bits per heavy atom. The van der Waals surface area contributed by atoms with Crippen molar-refractivity contribution >= 4 is 23.4 Å². The molecule has 1 saturated heterocycles. The number of nitrogens with one attached hydrogen (secondary N) is 1. The second-order valence-corrected chi connectivity index (χ2v) is 6.73. The number of anilines is 1. The largest absolute Gasteiger partial charge is 0.369 e. The Labute approximate surface area is 147 Å². The van der Waals surface area contributed by atoms with Gasteiger partial charge in [0.1, 0.15) is 0 Å². The van der Waals surface area contributed by atoms with Gasteiger partial charge in [0, 0.05) is 43.3 Å². The van der Waals surface area contributed by atoms with Crippen molar-refractivity contribution in [2.24, 2.45) is 11.7 Å². The number of carbonyl (C=O) groups excluding carboxylic acids is 3. The highest BCUT2D eigenvalue weighted by molar-refractivity contribution is 5.96. The molecule has 1 saturated carbocycles. The standard InChI is InChI=1S/C18H24N4O3/c19-16(23)12-21-8-1-9-22(11-10-21)18(25)14-4-6-15(7-5-14)20-17(24)13-2-3-13/h4-7,13H,1-3,8-12H2,(H2,19,23)(H,20,24). The number of hydrogen-bond donors (Lipinski definition) is 2. The van der Waals surface area contributed by atoms with Crippen LogP contribution in [-0.2, 0) is 9.59 Å². The Kier molecular flexibility index (Phi) is 5.33. The summed E-state index contributed by atoms with van der Waals surface area (Å²) in [5.41, 5.74) is 6.56. The third-order valence-corrected chi connectivity index (χ3v) is 4.60. The fraction of sp³-hybridized carbons (Fsp3) is 0.500. The first-order chi connectivity index (χ1) is 12.0. The maximum Gasteiger partial charge on any atom is 0.253 e. The van der Waals surface area contributed by atoms with Crippen LogP contribution < -0.4 is 11.1 Å². The van der Waals surface area contributed by atoms with E-state index < -0.39 is 0 Å². The van der Waals surface area contributed by atoms with Gasteiger partial charge in [0.25, 0.3) is 5.91 Å². The molecule has 3 N–H and O–H groups in total. The number of carbonyl (C=O) groups is 3. The van der Waals surface area contributed by atoms with Gasteiger partial charge in [0.15, 0.2) is 0 Å². The fourth-order valence-corrected chi connectivity index (χ4v) is 3.02. The van der Waals surface area contributed by atoms with E-state index in [2.05, 4.69) is 5.32 Å². The van der Waals surface area contributed by atoms with Gasteiger partial charge in [-0.25, -0.2) is 0 Å². The lowest BCUT2D eigenvalue weighted by molar-refractivity contribution is -0.119. The van der Waals surface area contributed by atoms with Crippen molar-refractivity contribution in [2.45, 2.75) is 19.3 Å². The average molecular weight is 344 g/mol. The Morgan fingerprint density at radius 3 is 2.40 bits per heavy atom. The molecule has 0 atom stereocenters. The number of amides is 3. The number of nitrogens with zero attached hydrogens (tertiary/aromatic N) is 2. The molecule has 3 amide bonds. The molecule has 2 aliphatic rings. The highest BCUT2D eigenvalue weighted by atomic mass is 16.2. The van der Waals surface area contributed by atoms with Gasteiger partial charge in [0.05, 0.1) is 6.54 Å². The smallest absolute Gasteiger partial charge is 0.253 e. The molecular weight excluding hydrogens is 320 g/mol. The summed E-state index contributed by atoms with van der Waals surface area (Å²) in [6.45, 7) is 2.88. The Bertz CT molecular complexity index is 655. The molecule has 0 unspecified atom stereocenters. The SMILES string of the molecule is NC(=O)CN1CCCN(C(=O)c2ccc(NC(=O)C3CC3)cc2)CC1. The first kappa shape index (κ1) is 17.4. The van der Waals surface area contributed by atoms with Crippen LogP contribution in [0.25, 0.3) is 0 Å². The summed E-state index contributed by atoms with van der Waals surface area (Å²) >= 11 is 0. The highest BCUT2D eigenvalue weighted by Gasteiger charge is 2.29. The summed E-state index contributed by atoms with van der Waals surface area (Å²) in [7, 11) is 0. The lowest BCUT2D eigenvalue weighted by Gasteiger charge is -2.21. The van der Waals surface area contributed by atoms with Crippen molar-refractivity contribution < 1.29 is 14.4 Å². The molecular formula is C18H24N4O3. The van der Waals surface area contributed by atoms with Crippen molar-refractivity contribution in [1.29, 1.82) is 0 Å². The molecule has 7 nitrogen and oxygen atoms in total. The zero-order valence-electron chi connectivity index (χ0n) is 14.2. The summed E-state index contributed by atoms with van der Waals surface area (Å²) in [5, 5.41) is 2.87. The van der Waals surface area contributed by atoms with Crippen molar-refractivity contribution in [2.75, 3.05) is 38.0 Å². The second kappa shape index (κ2) is 7.65. The van der Waals surface area contributed by atoms with Gasteiger partial charge in [-0.05, 0) is 43.5 Å². The van der Waals surface area contributed by atoms with Crippen LogP contribution in [0.3, 0.4) is 0 Å². The lowest BCUT2D eigenvalue weighted by atomic mass is 10.1. The quantitative estimate of drug-likeness (QED) is 0.820. The molecule has 1 aromatic carbocycles. The van der Waals surface area contributed by atoms with Gasteiger partial charge in [-0.1, -0.05) is 0 Å². The summed E-state index contributed by atoms with van der Waals surface area (Å²) < 4.78 is 0. The predicted molar refractivity (Wildman–Crippen MR) is 94.0 cm³/mol. The molecule has 2 fully saturated rings. The number of benzene rings is 1. The molecule has 0 radical (unpaired) electrons. The minimum Gasteiger partial charge on any atom is -0.369 e. The monoisotopic (exact) mass is 344 g/mol. The first-order valence-electron chi connectivity index (χ1n) is 8.74. The molecule has 7 heteroatoms. The topological polar surface area (TPSA) is 95.7 Å². The summed E-state index contributed by atoms with van der Waals surface area (Å²) in [6, 6.07) is 7.03. The van der Waals surface area contributed by atoms with Crippen LogP contribution in [0.2, 0.25) is 0 Å². The summed E-state index contributed by atoms with van der Waals surface area (Å²) in [4.78, 5) is 39.2. The van der Waals surface area contributed by atoms with Crippen molar-refractivity contribution in [3.8, 4) is 0 Å². The third kappa shape index (κ3) is 4.79. The van der Waals surface area contributed by atoms with E-state index in [1.165, 1.54) is 0 Å². The van der Waals surface area contributed by atoms with Gasteiger partial charge in [-0.2, -0.15) is 0 Å². The first-order valence-corrected chi connectivity index (χ1v) is 8.74. The van der Waals surface area contributed by atoms with Gasteiger partial charge in [0.2, 0.25) is 11.8 Å². The van der Waals surface area contributed by atoms with Crippen molar-refractivity contribution in [1.82, 2.24) is 9.80 Å². The van der Waals surface area contributed by atoms with E-state index in [9.17, 15) is 14.4 Å². The van der Waals surface area contributed by atoms with Gasteiger partial charge >= 0.3 is 0 Å². The maximum atomic E-state index is 12.7. The van der Waals surface area contributed by atoms with E-state index in [0.717, 1.165) is 31.5 Å². The number of nitrogens with two attached hydrogens (primary N) is 1. The Morgan fingerprint density at radius 2 is 1.76 bits per heavy atom. The Balaban J connectivity index is 1.56. The van der Waals surface area contributed by atoms with E-state index in [1.807, 2.05) is 4.90 Å². The van der Waals surface area contributed by atoms with Crippen LogP contribution in [0.15, 0.2) is 24.3 Å². The summed E-state index contributed by atoms with van der Waals surface area (Å²) in [6.07, 6.45) is 2.74. The van der Waals surface area contributed by atoms with E-state index in [1.54, 1.807) is 29.2 Å². The average Bonchev–Trinajstić information content (AvgIpc) is 3.42. The van der Waals surface area contributed by atoms with E-state index in [-0.39, 0.29) is 30.2 Å². The third-order valence-electron chi connectivity index (χ3n) is 4.60. The number of primary amides is 1. The van der Waals surface area contributed by atoms with Crippen molar-refractivity contribution in [3.05, 3.63) is 29.8 Å². The molecule has 1 heterocycles. The van der Waals surface area contributed by atoms with E-state index in [4.69, 9.17) is 5.73 Å². The van der Waals surface area contributed by atoms with Crippen LogP contribution in [0, 0.1) is 5.92 Å². The van der Waals surface area contributed by atoms with Crippen LogP contribution in [0.4, 0.5) is 5.69 Å². The summed E-state index contributed by atoms with van der Waals surface area (Å²) in [5.74, 6) is -0.160.